The Morgan fingerprint density at radius 2 is 2.00 bits per heavy atom. The highest BCUT2D eigenvalue weighted by Crippen LogP contribution is 2.25. The van der Waals surface area contributed by atoms with Gasteiger partial charge in [0.15, 0.2) is 0 Å². The summed E-state index contributed by atoms with van der Waals surface area (Å²) in [5.41, 5.74) is 2.00. The predicted molar refractivity (Wildman–Crippen MR) is 81.5 cm³/mol. The number of nitrogens with zero attached hydrogens (tertiary/aromatic N) is 1. The van der Waals surface area contributed by atoms with E-state index in [0.717, 1.165) is 41.5 Å². The number of likely N-dealkylation sites (tertiary alicyclic amines) is 1. The highest BCUT2D eigenvalue weighted by molar-refractivity contribution is 9.10. The molecule has 0 saturated carbocycles. The molecule has 0 spiro atoms. The van der Waals surface area contributed by atoms with E-state index < -0.39 is 0 Å². The molecule has 0 bridgehead atoms. The minimum atomic E-state index is 0.150. The summed E-state index contributed by atoms with van der Waals surface area (Å²) >= 11 is 3.49. The fourth-order valence-corrected chi connectivity index (χ4v) is 2.83. The fourth-order valence-electron chi connectivity index (χ4n) is 2.46. The molecular formula is C15H21BrN2O. The van der Waals surface area contributed by atoms with Gasteiger partial charge in [-0.15, -0.1) is 0 Å². The van der Waals surface area contributed by atoms with Crippen molar-refractivity contribution in [1.82, 2.24) is 10.2 Å². The molecule has 1 aromatic rings. The molecule has 0 unspecified atom stereocenters. The Labute approximate surface area is 123 Å². The van der Waals surface area contributed by atoms with Gasteiger partial charge in [0.05, 0.1) is 0 Å². The molecule has 0 aromatic heterocycles. The highest BCUT2D eigenvalue weighted by atomic mass is 79.9. The van der Waals surface area contributed by atoms with Crippen LogP contribution in [0, 0.1) is 6.92 Å². The first kappa shape index (κ1) is 14.5. The first-order valence-corrected chi connectivity index (χ1v) is 7.49. The van der Waals surface area contributed by atoms with Crippen LogP contribution in [0.2, 0.25) is 0 Å². The van der Waals surface area contributed by atoms with Gasteiger partial charge in [0.1, 0.15) is 0 Å². The van der Waals surface area contributed by atoms with Gasteiger partial charge >= 0.3 is 0 Å². The Hall–Kier alpha value is -0.870. The summed E-state index contributed by atoms with van der Waals surface area (Å²) in [4.78, 5) is 14.5. The van der Waals surface area contributed by atoms with E-state index in [4.69, 9.17) is 0 Å². The van der Waals surface area contributed by atoms with Gasteiger partial charge in [-0.25, -0.2) is 0 Å². The molecule has 1 N–H and O–H groups in total. The van der Waals surface area contributed by atoms with Crippen molar-refractivity contribution in [2.24, 2.45) is 0 Å². The van der Waals surface area contributed by atoms with E-state index in [-0.39, 0.29) is 11.4 Å². The van der Waals surface area contributed by atoms with Gasteiger partial charge in [-0.1, -0.05) is 22.0 Å². The fraction of sp³-hybridized carbons (Fsp3) is 0.533. The maximum atomic E-state index is 12.6. The van der Waals surface area contributed by atoms with Gasteiger partial charge < -0.3 is 10.2 Å². The quantitative estimate of drug-likeness (QED) is 0.907. The zero-order valence-electron chi connectivity index (χ0n) is 11.8. The minimum Gasteiger partial charge on any atom is -0.339 e. The van der Waals surface area contributed by atoms with Crippen LogP contribution in [-0.2, 0) is 0 Å². The van der Waals surface area contributed by atoms with Gasteiger partial charge in [-0.05, 0) is 51.4 Å². The smallest absolute Gasteiger partial charge is 0.254 e. The van der Waals surface area contributed by atoms with Crippen LogP contribution in [0.25, 0.3) is 0 Å². The number of piperidine rings is 1. The first-order chi connectivity index (χ1) is 8.97. The second kappa shape index (κ2) is 5.63. The van der Waals surface area contributed by atoms with Crippen molar-refractivity contribution in [3.63, 3.8) is 0 Å². The largest absolute Gasteiger partial charge is 0.339 e. The van der Waals surface area contributed by atoms with Gasteiger partial charge in [0.25, 0.3) is 5.91 Å². The SMILES string of the molecule is CNC1(C)CCN(C(=O)c2cccc(Br)c2C)CC1. The summed E-state index contributed by atoms with van der Waals surface area (Å²) in [6.45, 7) is 5.85. The average Bonchev–Trinajstić information content (AvgIpc) is 2.42. The second-order valence-electron chi connectivity index (χ2n) is 5.52. The van der Waals surface area contributed by atoms with E-state index in [1.54, 1.807) is 0 Å². The molecule has 19 heavy (non-hydrogen) atoms. The Balaban J connectivity index is 2.12. The molecule has 0 radical (unpaired) electrons. The van der Waals surface area contributed by atoms with Crippen LogP contribution in [0.15, 0.2) is 22.7 Å². The summed E-state index contributed by atoms with van der Waals surface area (Å²) < 4.78 is 0.996. The van der Waals surface area contributed by atoms with Crippen LogP contribution in [-0.4, -0.2) is 36.5 Å². The van der Waals surface area contributed by atoms with E-state index in [2.05, 4.69) is 28.2 Å². The Morgan fingerprint density at radius 3 is 2.58 bits per heavy atom. The molecule has 1 saturated heterocycles. The molecule has 1 aliphatic heterocycles. The number of benzene rings is 1. The van der Waals surface area contributed by atoms with Crippen LogP contribution >= 0.6 is 15.9 Å². The molecule has 2 rings (SSSR count). The maximum Gasteiger partial charge on any atom is 0.254 e. The molecule has 3 nitrogen and oxygen atoms in total. The lowest BCUT2D eigenvalue weighted by Crippen LogP contribution is -2.51. The number of amides is 1. The molecule has 1 heterocycles. The molecule has 1 aromatic carbocycles. The maximum absolute atomic E-state index is 12.6. The lowest BCUT2D eigenvalue weighted by atomic mass is 9.89. The number of hydrogen-bond acceptors (Lipinski definition) is 2. The van der Waals surface area contributed by atoms with E-state index >= 15 is 0 Å². The zero-order valence-corrected chi connectivity index (χ0v) is 13.4. The van der Waals surface area contributed by atoms with E-state index in [0.29, 0.717) is 0 Å². The van der Waals surface area contributed by atoms with Gasteiger partial charge in [-0.2, -0.15) is 0 Å². The van der Waals surface area contributed by atoms with Crippen molar-refractivity contribution in [3.05, 3.63) is 33.8 Å². The van der Waals surface area contributed by atoms with Crippen LogP contribution in [0.3, 0.4) is 0 Å². The summed E-state index contributed by atoms with van der Waals surface area (Å²) in [6.07, 6.45) is 2.00. The highest BCUT2D eigenvalue weighted by Gasteiger charge is 2.31. The number of carbonyl (C=O) groups excluding carboxylic acids is 1. The Bertz CT molecular complexity index is 479. The van der Waals surface area contributed by atoms with Crippen molar-refractivity contribution in [2.75, 3.05) is 20.1 Å². The number of halogens is 1. The molecular weight excluding hydrogens is 304 g/mol. The van der Waals surface area contributed by atoms with Crippen molar-refractivity contribution < 1.29 is 4.79 Å². The second-order valence-corrected chi connectivity index (χ2v) is 6.37. The van der Waals surface area contributed by atoms with E-state index in [9.17, 15) is 4.79 Å². The van der Waals surface area contributed by atoms with Gasteiger partial charge in [-0.3, -0.25) is 4.79 Å². The van der Waals surface area contributed by atoms with E-state index in [1.807, 2.05) is 37.1 Å². The van der Waals surface area contributed by atoms with E-state index in [1.165, 1.54) is 0 Å². The molecule has 4 heteroatoms. The van der Waals surface area contributed by atoms with Crippen LogP contribution in [0.4, 0.5) is 0 Å². The van der Waals surface area contributed by atoms with Crippen LogP contribution in [0.5, 0.6) is 0 Å². The number of carbonyl (C=O) groups is 1. The molecule has 1 amide bonds. The van der Waals surface area contributed by atoms with Crippen molar-refractivity contribution in [2.45, 2.75) is 32.2 Å². The minimum absolute atomic E-state index is 0.150. The monoisotopic (exact) mass is 324 g/mol. The lowest BCUT2D eigenvalue weighted by Gasteiger charge is -2.39. The van der Waals surface area contributed by atoms with Crippen molar-refractivity contribution in [3.8, 4) is 0 Å². The summed E-state index contributed by atoms with van der Waals surface area (Å²) in [5.74, 6) is 0.150. The summed E-state index contributed by atoms with van der Waals surface area (Å²) in [5, 5.41) is 3.35. The van der Waals surface area contributed by atoms with Crippen molar-refractivity contribution in [1.29, 1.82) is 0 Å². The molecule has 104 valence electrons. The molecule has 0 aliphatic carbocycles. The normalized spacial score (nSPS) is 18.4. The summed E-state index contributed by atoms with van der Waals surface area (Å²) in [6, 6.07) is 5.81. The third kappa shape index (κ3) is 3.00. The average molecular weight is 325 g/mol. The number of hydrogen-bond donors (Lipinski definition) is 1. The first-order valence-electron chi connectivity index (χ1n) is 6.70. The predicted octanol–water partition coefficient (Wildman–Crippen LogP) is 2.97. The van der Waals surface area contributed by atoms with Crippen LogP contribution < -0.4 is 5.32 Å². The Kier molecular flexibility index (Phi) is 4.31. The van der Waals surface area contributed by atoms with Gasteiger partial charge in [0, 0.05) is 28.7 Å². The summed E-state index contributed by atoms with van der Waals surface area (Å²) in [7, 11) is 2.00. The van der Waals surface area contributed by atoms with Crippen LogP contribution in [0.1, 0.15) is 35.7 Å². The number of rotatable bonds is 2. The Morgan fingerprint density at radius 1 is 1.37 bits per heavy atom. The molecule has 1 aliphatic rings. The van der Waals surface area contributed by atoms with Gasteiger partial charge in [0.2, 0.25) is 0 Å². The third-order valence-corrected chi connectivity index (χ3v) is 5.11. The topological polar surface area (TPSA) is 32.3 Å². The zero-order chi connectivity index (χ0) is 14.0. The molecule has 0 atom stereocenters. The molecule has 1 fully saturated rings. The number of nitrogens with one attached hydrogen (secondary N) is 1. The lowest BCUT2D eigenvalue weighted by molar-refractivity contribution is 0.0661. The third-order valence-electron chi connectivity index (χ3n) is 4.26. The standard InChI is InChI=1S/C15H21BrN2O/c1-11-12(5-4-6-13(11)16)14(19)18-9-7-15(2,17-3)8-10-18/h4-6,17H,7-10H2,1-3H3. The van der Waals surface area contributed by atoms with Crippen molar-refractivity contribution >= 4 is 21.8 Å².